The first-order valence-corrected chi connectivity index (χ1v) is 8.07. The number of hydrogen-bond acceptors (Lipinski definition) is 4. The first-order valence-electron chi connectivity index (χ1n) is 7.19. The molecule has 0 spiro atoms. The number of methoxy groups -OCH3 is 1. The Kier molecular flexibility index (Phi) is 6.87. The molecule has 0 atom stereocenters. The van der Waals surface area contributed by atoms with Crippen molar-refractivity contribution in [2.24, 2.45) is 0 Å². The van der Waals surface area contributed by atoms with Crippen LogP contribution in [0.3, 0.4) is 0 Å². The molecule has 2 rings (SSSR count). The zero-order valence-corrected chi connectivity index (χ0v) is 13.8. The number of nitrogens with one attached hydrogen (secondary N) is 1. The van der Waals surface area contributed by atoms with Gasteiger partial charge in [-0.15, -0.1) is 0 Å². The molecule has 0 aliphatic carbocycles. The van der Waals surface area contributed by atoms with Gasteiger partial charge < -0.3 is 14.8 Å². The zero-order valence-electron chi connectivity index (χ0n) is 13.0. The Labute approximate surface area is 143 Å². The number of halogens is 2. The van der Waals surface area contributed by atoms with Gasteiger partial charge in [-0.3, -0.25) is 4.79 Å². The van der Waals surface area contributed by atoms with Crippen molar-refractivity contribution in [1.29, 1.82) is 0 Å². The molecule has 1 N–H and O–H groups in total. The molecule has 0 saturated carbocycles. The van der Waals surface area contributed by atoms with Crippen molar-refractivity contribution >= 4 is 17.7 Å². The monoisotopic (exact) mass is 353 g/mol. The molecule has 0 aliphatic rings. The number of hydrogen-bond donors (Lipinski definition) is 1. The standard InChI is InChI=1S/C17H17F2NO3S/c1-22-14-4-2-3-5-15(14)23-11-10-20-16(21)12-6-8-13(9-7-12)24-17(18)19/h2-9,17H,10-11H2,1H3,(H,20,21). The molecule has 128 valence electrons. The summed E-state index contributed by atoms with van der Waals surface area (Å²) in [5.41, 5.74) is 0.408. The van der Waals surface area contributed by atoms with E-state index in [9.17, 15) is 13.6 Å². The first-order chi connectivity index (χ1) is 11.6. The number of amides is 1. The first kappa shape index (κ1) is 18.1. The maximum absolute atomic E-state index is 12.2. The van der Waals surface area contributed by atoms with E-state index in [1.807, 2.05) is 12.1 Å². The molecule has 0 aromatic heterocycles. The number of carbonyl (C=O) groups is 1. The van der Waals surface area contributed by atoms with Gasteiger partial charge in [-0.1, -0.05) is 23.9 Å². The Morgan fingerprint density at radius 2 is 1.79 bits per heavy atom. The summed E-state index contributed by atoms with van der Waals surface area (Å²) in [4.78, 5) is 12.4. The van der Waals surface area contributed by atoms with E-state index < -0.39 is 5.76 Å². The summed E-state index contributed by atoms with van der Waals surface area (Å²) in [6.45, 7) is 0.593. The van der Waals surface area contributed by atoms with Crippen LogP contribution in [-0.4, -0.2) is 31.9 Å². The van der Waals surface area contributed by atoms with Crippen LogP contribution < -0.4 is 14.8 Å². The minimum atomic E-state index is -2.48. The Balaban J connectivity index is 1.78. The van der Waals surface area contributed by atoms with Gasteiger partial charge in [0, 0.05) is 10.5 Å². The van der Waals surface area contributed by atoms with Gasteiger partial charge in [0.15, 0.2) is 11.5 Å². The van der Waals surface area contributed by atoms with Gasteiger partial charge in [0.1, 0.15) is 6.61 Å². The number of thioether (sulfide) groups is 1. The van der Waals surface area contributed by atoms with Crippen LogP contribution in [-0.2, 0) is 0 Å². The van der Waals surface area contributed by atoms with Gasteiger partial charge in [-0.2, -0.15) is 8.78 Å². The predicted molar refractivity (Wildman–Crippen MR) is 89.1 cm³/mol. The molecular weight excluding hydrogens is 336 g/mol. The second-order valence-electron chi connectivity index (χ2n) is 4.66. The smallest absolute Gasteiger partial charge is 0.288 e. The highest BCUT2D eigenvalue weighted by atomic mass is 32.2. The van der Waals surface area contributed by atoms with E-state index >= 15 is 0 Å². The molecule has 0 aliphatic heterocycles. The highest BCUT2D eigenvalue weighted by molar-refractivity contribution is 7.99. The second-order valence-corrected chi connectivity index (χ2v) is 5.72. The lowest BCUT2D eigenvalue weighted by atomic mass is 10.2. The molecule has 0 heterocycles. The maximum Gasteiger partial charge on any atom is 0.288 e. The third kappa shape index (κ3) is 5.42. The summed E-state index contributed by atoms with van der Waals surface area (Å²) in [6, 6.07) is 13.3. The number of carbonyl (C=O) groups excluding carboxylic acids is 1. The van der Waals surface area contributed by atoms with E-state index in [1.54, 1.807) is 19.2 Å². The summed E-state index contributed by atoms with van der Waals surface area (Å²) >= 11 is 0.445. The van der Waals surface area contributed by atoms with E-state index in [0.717, 1.165) is 0 Å². The third-order valence-electron chi connectivity index (χ3n) is 3.06. The molecule has 0 unspecified atom stereocenters. The summed E-state index contributed by atoms with van der Waals surface area (Å²) < 4.78 is 35.2. The van der Waals surface area contributed by atoms with Gasteiger partial charge in [0.25, 0.3) is 11.7 Å². The molecule has 7 heteroatoms. The van der Waals surface area contributed by atoms with Crippen LogP contribution in [0.1, 0.15) is 10.4 Å². The van der Waals surface area contributed by atoms with E-state index in [1.165, 1.54) is 24.3 Å². The molecular formula is C17H17F2NO3S. The zero-order chi connectivity index (χ0) is 17.4. The van der Waals surface area contributed by atoms with E-state index in [0.29, 0.717) is 40.3 Å². The lowest BCUT2D eigenvalue weighted by Crippen LogP contribution is -2.28. The van der Waals surface area contributed by atoms with Crippen molar-refractivity contribution in [3.05, 3.63) is 54.1 Å². The molecule has 0 saturated heterocycles. The Hall–Kier alpha value is -2.28. The summed E-state index contributed by atoms with van der Waals surface area (Å²) in [5, 5.41) is 2.71. The lowest BCUT2D eigenvalue weighted by molar-refractivity contribution is 0.0946. The topological polar surface area (TPSA) is 47.6 Å². The van der Waals surface area contributed by atoms with Crippen LogP contribution in [0.15, 0.2) is 53.4 Å². The lowest BCUT2D eigenvalue weighted by Gasteiger charge is -2.11. The predicted octanol–water partition coefficient (Wildman–Crippen LogP) is 3.82. The van der Waals surface area contributed by atoms with Crippen LogP contribution in [0.2, 0.25) is 0 Å². The summed E-state index contributed by atoms with van der Waals surface area (Å²) in [6.07, 6.45) is 0. The van der Waals surface area contributed by atoms with Crippen molar-refractivity contribution in [2.75, 3.05) is 20.3 Å². The van der Waals surface area contributed by atoms with Crippen molar-refractivity contribution in [3.8, 4) is 11.5 Å². The Bertz CT molecular complexity index is 665. The van der Waals surface area contributed by atoms with Crippen LogP contribution in [0.5, 0.6) is 11.5 Å². The minimum Gasteiger partial charge on any atom is -0.493 e. The van der Waals surface area contributed by atoms with Crippen LogP contribution in [0.4, 0.5) is 8.78 Å². The minimum absolute atomic E-state index is 0.283. The molecule has 24 heavy (non-hydrogen) atoms. The Morgan fingerprint density at radius 3 is 2.42 bits per heavy atom. The Morgan fingerprint density at radius 1 is 1.12 bits per heavy atom. The van der Waals surface area contributed by atoms with Gasteiger partial charge in [-0.05, 0) is 36.4 Å². The molecule has 4 nitrogen and oxygen atoms in total. The highest BCUT2D eigenvalue weighted by Gasteiger charge is 2.08. The average molecular weight is 353 g/mol. The average Bonchev–Trinajstić information content (AvgIpc) is 2.59. The van der Waals surface area contributed by atoms with Crippen LogP contribution >= 0.6 is 11.8 Å². The van der Waals surface area contributed by atoms with Gasteiger partial charge in [0.2, 0.25) is 0 Å². The molecule has 2 aromatic rings. The van der Waals surface area contributed by atoms with E-state index in [2.05, 4.69) is 5.32 Å². The summed E-state index contributed by atoms with van der Waals surface area (Å²) in [7, 11) is 1.56. The quantitative estimate of drug-likeness (QED) is 0.579. The van der Waals surface area contributed by atoms with Gasteiger partial charge in [-0.25, -0.2) is 0 Å². The number of alkyl halides is 2. The molecule has 1 amide bonds. The van der Waals surface area contributed by atoms with Crippen LogP contribution in [0, 0.1) is 0 Å². The maximum atomic E-state index is 12.2. The van der Waals surface area contributed by atoms with Gasteiger partial charge in [0.05, 0.1) is 13.7 Å². The van der Waals surface area contributed by atoms with Crippen molar-refractivity contribution in [1.82, 2.24) is 5.32 Å². The fourth-order valence-electron chi connectivity index (χ4n) is 1.95. The molecule has 0 fully saturated rings. The van der Waals surface area contributed by atoms with Crippen molar-refractivity contribution in [2.45, 2.75) is 10.7 Å². The number of rotatable bonds is 8. The number of benzene rings is 2. The normalized spacial score (nSPS) is 10.5. The van der Waals surface area contributed by atoms with Crippen molar-refractivity contribution < 1.29 is 23.0 Å². The van der Waals surface area contributed by atoms with Crippen molar-refractivity contribution in [3.63, 3.8) is 0 Å². The SMILES string of the molecule is COc1ccccc1OCCNC(=O)c1ccc(SC(F)F)cc1. The van der Waals surface area contributed by atoms with E-state index in [-0.39, 0.29) is 12.5 Å². The second kappa shape index (κ2) is 9.12. The largest absolute Gasteiger partial charge is 0.493 e. The fourth-order valence-corrected chi connectivity index (χ4v) is 2.45. The molecule has 2 aromatic carbocycles. The highest BCUT2D eigenvalue weighted by Crippen LogP contribution is 2.26. The van der Waals surface area contributed by atoms with Gasteiger partial charge >= 0.3 is 0 Å². The molecule has 0 radical (unpaired) electrons. The fraction of sp³-hybridized carbons (Fsp3) is 0.235. The summed E-state index contributed by atoms with van der Waals surface area (Å²) in [5.74, 6) is -1.54. The molecule has 0 bridgehead atoms. The van der Waals surface area contributed by atoms with E-state index in [4.69, 9.17) is 9.47 Å². The number of ether oxygens (including phenoxy) is 2. The third-order valence-corrected chi connectivity index (χ3v) is 3.78. The van der Waals surface area contributed by atoms with Crippen LogP contribution in [0.25, 0.3) is 0 Å². The number of para-hydroxylation sites is 2.